The minimum absolute atomic E-state index is 0.601. The smallest absolute Gasteiger partial charge is 0.0498 e. The van der Waals surface area contributed by atoms with Gasteiger partial charge in [-0.2, -0.15) is 0 Å². The summed E-state index contributed by atoms with van der Waals surface area (Å²) in [5.41, 5.74) is 1.20. The van der Waals surface area contributed by atoms with Crippen molar-refractivity contribution in [3.8, 4) is 0 Å². The zero-order chi connectivity index (χ0) is 12.4. The van der Waals surface area contributed by atoms with Gasteiger partial charge in [-0.1, -0.05) is 42.6 Å². The first-order valence-electron chi connectivity index (χ1n) is 6.29. The number of anilines is 1. The van der Waals surface area contributed by atoms with Gasteiger partial charge in [-0.25, -0.2) is 0 Å². The maximum absolute atomic E-state index is 3.69. The predicted octanol–water partition coefficient (Wildman–Crippen LogP) is 5.45. The predicted molar refractivity (Wildman–Crippen MR) is 81.4 cm³/mol. The molecular formula is C14H19Br2N. The minimum Gasteiger partial charge on any atom is -0.381 e. The second-order valence-corrected chi connectivity index (χ2v) is 6.91. The van der Waals surface area contributed by atoms with E-state index in [1.165, 1.54) is 24.9 Å². The summed E-state index contributed by atoms with van der Waals surface area (Å²) in [4.78, 5) is 0. The second kappa shape index (κ2) is 5.75. The van der Waals surface area contributed by atoms with Crippen LogP contribution in [0.5, 0.6) is 0 Å². The summed E-state index contributed by atoms with van der Waals surface area (Å²) >= 11 is 7.14. The van der Waals surface area contributed by atoms with E-state index >= 15 is 0 Å². The van der Waals surface area contributed by atoms with Gasteiger partial charge >= 0.3 is 0 Å². The molecule has 3 atom stereocenters. The number of nitrogens with one attached hydrogen (secondary N) is 1. The van der Waals surface area contributed by atoms with E-state index in [4.69, 9.17) is 0 Å². The SMILES string of the molecule is CC1CCCC(Nc2cc(Br)ccc2Br)C1C. The zero-order valence-corrected chi connectivity index (χ0v) is 13.5. The molecule has 0 saturated heterocycles. The molecule has 0 radical (unpaired) electrons. The van der Waals surface area contributed by atoms with Crippen LogP contribution in [0.15, 0.2) is 27.1 Å². The number of rotatable bonds is 2. The summed E-state index contributed by atoms with van der Waals surface area (Å²) < 4.78 is 2.27. The molecule has 1 N–H and O–H groups in total. The maximum Gasteiger partial charge on any atom is 0.0498 e. The van der Waals surface area contributed by atoms with E-state index in [9.17, 15) is 0 Å². The van der Waals surface area contributed by atoms with E-state index < -0.39 is 0 Å². The highest BCUT2D eigenvalue weighted by Gasteiger charge is 2.27. The van der Waals surface area contributed by atoms with Gasteiger partial charge in [0.25, 0.3) is 0 Å². The molecule has 1 saturated carbocycles. The first-order valence-corrected chi connectivity index (χ1v) is 7.88. The number of hydrogen-bond donors (Lipinski definition) is 1. The van der Waals surface area contributed by atoms with Crippen molar-refractivity contribution in [1.29, 1.82) is 0 Å². The van der Waals surface area contributed by atoms with Gasteiger partial charge < -0.3 is 5.32 Å². The molecule has 1 fully saturated rings. The lowest BCUT2D eigenvalue weighted by atomic mass is 9.78. The monoisotopic (exact) mass is 359 g/mol. The standard InChI is InChI=1S/C14H19Br2N/c1-9-4-3-5-13(10(9)2)17-14-8-11(15)6-7-12(14)16/h6-10,13,17H,3-5H2,1-2H3. The fourth-order valence-electron chi connectivity index (χ4n) is 2.59. The third-order valence-corrected chi connectivity index (χ3v) is 5.16. The molecule has 0 aromatic heterocycles. The summed E-state index contributed by atoms with van der Waals surface area (Å²) in [6, 6.07) is 6.89. The molecular weight excluding hydrogens is 342 g/mol. The van der Waals surface area contributed by atoms with Gasteiger partial charge in [-0.15, -0.1) is 0 Å². The Bertz CT molecular complexity index is 392. The van der Waals surface area contributed by atoms with Crippen molar-refractivity contribution in [3.63, 3.8) is 0 Å². The van der Waals surface area contributed by atoms with Crippen LogP contribution in [0.2, 0.25) is 0 Å². The maximum atomic E-state index is 3.69. The Morgan fingerprint density at radius 3 is 2.71 bits per heavy atom. The summed E-state index contributed by atoms with van der Waals surface area (Å²) in [5, 5.41) is 3.69. The average molecular weight is 361 g/mol. The minimum atomic E-state index is 0.601. The number of hydrogen-bond acceptors (Lipinski definition) is 1. The molecule has 1 aromatic rings. The van der Waals surface area contributed by atoms with Gasteiger partial charge in [0.2, 0.25) is 0 Å². The molecule has 94 valence electrons. The molecule has 1 aromatic carbocycles. The molecule has 1 aliphatic carbocycles. The summed E-state index contributed by atoms with van der Waals surface area (Å²) in [5.74, 6) is 1.57. The summed E-state index contributed by atoms with van der Waals surface area (Å²) in [6.45, 7) is 4.74. The largest absolute Gasteiger partial charge is 0.381 e. The van der Waals surface area contributed by atoms with Gasteiger partial charge in [-0.3, -0.25) is 0 Å². The summed E-state index contributed by atoms with van der Waals surface area (Å²) in [6.07, 6.45) is 4.00. The van der Waals surface area contributed by atoms with Crippen molar-refractivity contribution in [2.45, 2.75) is 39.2 Å². The van der Waals surface area contributed by atoms with Crippen LogP contribution >= 0.6 is 31.9 Å². The fraction of sp³-hybridized carbons (Fsp3) is 0.571. The van der Waals surface area contributed by atoms with E-state index in [0.717, 1.165) is 20.8 Å². The molecule has 0 heterocycles. The molecule has 0 aliphatic heterocycles. The molecule has 2 rings (SSSR count). The van der Waals surface area contributed by atoms with Crippen LogP contribution in [-0.2, 0) is 0 Å². The van der Waals surface area contributed by atoms with Crippen molar-refractivity contribution in [3.05, 3.63) is 27.1 Å². The zero-order valence-electron chi connectivity index (χ0n) is 10.3. The van der Waals surface area contributed by atoms with Crippen LogP contribution in [0.1, 0.15) is 33.1 Å². The number of benzene rings is 1. The first kappa shape index (κ1) is 13.4. The first-order chi connectivity index (χ1) is 8.08. The van der Waals surface area contributed by atoms with E-state index in [2.05, 4.69) is 69.2 Å². The van der Waals surface area contributed by atoms with Crippen LogP contribution in [0, 0.1) is 11.8 Å². The Labute approximate surface area is 121 Å². The highest BCUT2D eigenvalue weighted by atomic mass is 79.9. The van der Waals surface area contributed by atoms with Gasteiger partial charge in [0.1, 0.15) is 0 Å². The van der Waals surface area contributed by atoms with Crippen LogP contribution in [-0.4, -0.2) is 6.04 Å². The molecule has 17 heavy (non-hydrogen) atoms. The molecule has 3 heteroatoms. The molecule has 1 aliphatic rings. The Morgan fingerprint density at radius 1 is 1.18 bits per heavy atom. The normalized spacial score (nSPS) is 29.1. The van der Waals surface area contributed by atoms with E-state index in [1.54, 1.807) is 0 Å². The Kier molecular flexibility index (Phi) is 4.53. The lowest BCUT2D eigenvalue weighted by molar-refractivity contribution is 0.253. The highest BCUT2D eigenvalue weighted by Crippen LogP contribution is 2.34. The topological polar surface area (TPSA) is 12.0 Å². The van der Waals surface area contributed by atoms with Gasteiger partial charge in [0.15, 0.2) is 0 Å². The lowest BCUT2D eigenvalue weighted by Crippen LogP contribution is -2.35. The fourth-order valence-corrected chi connectivity index (χ4v) is 3.32. The lowest BCUT2D eigenvalue weighted by Gasteiger charge is -2.35. The molecule has 1 nitrogen and oxygen atoms in total. The summed E-state index contributed by atoms with van der Waals surface area (Å²) in [7, 11) is 0. The molecule has 0 bridgehead atoms. The van der Waals surface area contributed by atoms with Crippen LogP contribution < -0.4 is 5.32 Å². The second-order valence-electron chi connectivity index (χ2n) is 5.14. The van der Waals surface area contributed by atoms with E-state index in [1.807, 2.05) is 0 Å². The Hall–Kier alpha value is -0.0200. The van der Waals surface area contributed by atoms with Gasteiger partial charge in [-0.05, 0) is 52.4 Å². The van der Waals surface area contributed by atoms with Gasteiger partial charge in [0, 0.05) is 20.7 Å². The van der Waals surface area contributed by atoms with E-state index in [-0.39, 0.29) is 0 Å². The van der Waals surface area contributed by atoms with Crippen molar-refractivity contribution in [1.82, 2.24) is 0 Å². The van der Waals surface area contributed by atoms with Crippen LogP contribution in [0.25, 0.3) is 0 Å². The third-order valence-electron chi connectivity index (χ3n) is 3.98. The van der Waals surface area contributed by atoms with Gasteiger partial charge in [0.05, 0.1) is 0 Å². The van der Waals surface area contributed by atoms with Crippen LogP contribution in [0.3, 0.4) is 0 Å². The highest BCUT2D eigenvalue weighted by molar-refractivity contribution is 9.11. The quantitative estimate of drug-likeness (QED) is 0.739. The molecule has 0 amide bonds. The molecule has 0 spiro atoms. The molecule has 3 unspecified atom stereocenters. The Balaban J connectivity index is 2.11. The van der Waals surface area contributed by atoms with Crippen molar-refractivity contribution in [2.75, 3.05) is 5.32 Å². The Morgan fingerprint density at radius 2 is 1.94 bits per heavy atom. The van der Waals surface area contributed by atoms with Crippen molar-refractivity contribution < 1.29 is 0 Å². The third kappa shape index (κ3) is 3.25. The van der Waals surface area contributed by atoms with Crippen LogP contribution in [0.4, 0.5) is 5.69 Å². The van der Waals surface area contributed by atoms with E-state index in [0.29, 0.717) is 6.04 Å². The van der Waals surface area contributed by atoms with Crippen molar-refractivity contribution >= 4 is 37.5 Å². The number of halogens is 2. The van der Waals surface area contributed by atoms with Crippen molar-refractivity contribution in [2.24, 2.45) is 11.8 Å². The average Bonchev–Trinajstić information content (AvgIpc) is 2.30.